The van der Waals surface area contributed by atoms with Crippen molar-refractivity contribution in [2.75, 3.05) is 0 Å². The Hall–Kier alpha value is -4.39. The minimum Gasteiger partial charge on any atom is -0.486 e. The van der Waals surface area contributed by atoms with Crippen LogP contribution in [0.1, 0.15) is 46.9 Å². The zero-order valence-corrected chi connectivity index (χ0v) is 19.4. The molecule has 0 unspecified atom stereocenters. The first kappa shape index (κ1) is 23.8. The van der Waals surface area contributed by atoms with Gasteiger partial charge >= 0.3 is 5.97 Å². The Bertz CT molecular complexity index is 1310. The van der Waals surface area contributed by atoms with E-state index in [9.17, 15) is 9.18 Å². The van der Waals surface area contributed by atoms with Crippen molar-refractivity contribution in [2.24, 2.45) is 10.9 Å². The number of oxime groups is 1. The quantitative estimate of drug-likeness (QED) is 0.152. The van der Waals surface area contributed by atoms with Gasteiger partial charge in [0.25, 0.3) is 0 Å². The molecule has 3 aromatic carbocycles. The van der Waals surface area contributed by atoms with Crippen molar-refractivity contribution in [1.29, 1.82) is 0 Å². The van der Waals surface area contributed by atoms with Crippen molar-refractivity contribution in [2.45, 2.75) is 25.9 Å². The van der Waals surface area contributed by atoms with Crippen LogP contribution in [-0.4, -0.2) is 11.8 Å². The van der Waals surface area contributed by atoms with Gasteiger partial charge in [-0.3, -0.25) is 0 Å². The molecule has 0 saturated carbocycles. The van der Waals surface area contributed by atoms with Crippen molar-refractivity contribution < 1.29 is 23.2 Å². The molecular formula is C28H25FN2O4. The molecule has 0 bridgehead atoms. The van der Waals surface area contributed by atoms with E-state index >= 15 is 0 Å². The summed E-state index contributed by atoms with van der Waals surface area (Å²) in [5.41, 5.74) is 8.44. The molecule has 0 amide bonds. The number of carbonyl (C=O) groups is 1. The molecule has 0 atom stereocenters. The van der Waals surface area contributed by atoms with Crippen LogP contribution in [-0.2, 0) is 16.9 Å². The molecule has 1 heterocycles. The molecule has 2 N–H and O–H groups in total. The Labute approximate surface area is 202 Å². The number of hydrogen-bond donors (Lipinski definition) is 1. The third-order valence-corrected chi connectivity index (χ3v) is 5.68. The molecule has 0 radical (unpaired) electrons. The molecule has 35 heavy (non-hydrogen) atoms. The maximum atomic E-state index is 13.0. The van der Waals surface area contributed by atoms with E-state index in [1.807, 2.05) is 42.5 Å². The average molecular weight is 473 g/mol. The largest absolute Gasteiger partial charge is 0.486 e. The highest BCUT2D eigenvalue weighted by Gasteiger charge is 2.22. The molecule has 0 fully saturated rings. The monoisotopic (exact) mass is 472 g/mol. The van der Waals surface area contributed by atoms with Crippen molar-refractivity contribution in [3.63, 3.8) is 0 Å². The van der Waals surface area contributed by atoms with E-state index in [0.29, 0.717) is 17.1 Å². The second-order valence-electron chi connectivity index (χ2n) is 8.43. The number of halogens is 1. The van der Waals surface area contributed by atoms with Crippen molar-refractivity contribution in [1.82, 2.24) is 0 Å². The fourth-order valence-electron chi connectivity index (χ4n) is 3.52. The summed E-state index contributed by atoms with van der Waals surface area (Å²) in [4.78, 5) is 17.0. The lowest BCUT2D eigenvalue weighted by molar-refractivity contribution is 0.0475. The number of amidine groups is 1. The summed E-state index contributed by atoms with van der Waals surface area (Å²) in [7, 11) is 0. The average Bonchev–Trinajstić information content (AvgIpc) is 3.36. The van der Waals surface area contributed by atoms with E-state index in [0.717, 1.165) is 0 Å². The first-order chi connectivity index (χ1) is 16.8. The highest BCUT2D eigenvalue weighted by atomic mass is 19.1. The van der Waals surface area contributed by atoms with Gasteiger partial charge in [0.15, 0.2) is 5.84 Å². The smallest absolute Gasteiger partial charge is 0.400 e. The van der Waals surface area contributed by atoms with Gasteiger partial charge in [-0.25, -0.2) is 9.18 Å². The summed E-state index contributed by atoms with van der Waals surface area (Å²) >= 11 is 0. The number of hydrogen-bond acceptors (Lipinski definition) is 5. The zero-order chi connectivity index (χ0) is 24.8. The van der Waals surface area contributed by atoms with E-state index in [4.69, 9.17) is 19.7 Å². The van der Waals surface area contributed by atoms with Crippen LogP contribution in [0.2, 0.25) is 0 Å². The van der Waals surface area contributed by atoms with Gasteiger partial charge in [-0.15, -0.1) is 0 Å². The summed E-state index contributed by atoms with van der Waals surface area (Å²) in [5.74, 6) is -0.202. The van der Waals surface area contributed by atoms with Crippen LogP contribution in [0.3, 0.4) is 0 Å². The normalized spacial score (nSPS) is 11.8. The highest BCUT2D eigenvalue weighted by molar-refractivity contribution is 5.97. The zero-order valence-electron chi connectivity index (χ0n) is 19.4. The van der Waals surface area contributed by atoms with Gasteiger partial charge in [-0.1, -0.05) is 61.5 Å². The van der Waals surface area contributed by atoms with E-state index in [-0.39, 0.29) is 23.6 Å². The fraction of sp³-hybridized carbons (Fsp3) is 0.143. The van der Waals surface area contributed by atoms with Crippen molar-refractivity contribution in [3.8, 4) is 5.75 Å². The molecule has 6 nitrogen and oxygen atoms in total. The maximum absolute atomic E-state index is 13.0. The molecule has 0 aliphatic heterocycles. The van der Waals surface area contributed by atoms with E-state index in [1.54, 1.807) is 6.07 Å². The maximum Gasteiger partial charge on any atom is 0.400 e. The third-order valence-electron chi connectivity index (χ3n) is 5.68. The second-order valence-corrected chi connectivity index (χ2v) is 8.43. The van der Waals surface area contributed by atoms with E-state index in [2.05, 4.69) is 31.1 Å². The predicted octanol–water partition coefficient (Wildman–Crippen LogP) is 5.80. The molecule has 4 rings (SSSR count). The Morgan fingerprint density at radius 1 is 0.914 bits per heavy atom. The van der Waals surface area contributed by atoms with E-state index < -0.39 is 11.8 Å². The molecule has 0 spiro atoms. The highest BCUT2D eigenvalue weighted by Crippen LogP contribution is 2.32. The molecule has 0 aliphatic carbocycles. The van der Waals surface area contributed by atoms with Crippen molar-refractivity contribution >= 4 is 11.8 Å². The first-order valence-electron chi connectivity index (χ1n) is 11.0. The van der Waals surface area contributed by atoms with Gasteiger partial charge in [0.2, 0.25) is 5.76 Å². The molecule has 0 saturated heterocycles. The Balaban J connectivity index is 1.33. The lowest BCUT2D eigenvalue weighted by Crippen LogP contribution is -2.18. The minimum absolute atomic E-state index is 0.0424. The summed E-state index contributed by atoms with van der Waals surface area (Å²) < 4.78 is 24.3. The number of benzene rings is 3. The fourth-order valence-corrected chi connectivity index (χ4v) is 3.52. The van der Waals surface area contributed by atoms with Gasteiger partial charge in [-0.2, -0.15) is 0 Å². The Morgan fingerprint density at radius 2 is 1.57 bits per heavy atom. The van der Waals surface area contributed by atoms with Crippen LogP contribution in [0.25, 0.3) is 0 Å². The molecule has 1 aromatic heterocycles. The van der Waals surface area contributed by atoms with Crippen LogP contribution in [0, 0.1) is 5.82 Å². The molecule has 178 valence electrons. The number of nitrogens with zero attached hydrogens (tertiary/aromatic N) is 1. The standard InChI is InChI=1S/C28H25FN2O4/c1-28(2,20-6-4-3-5-7-20)21-10-14-23(15-11-21)33-18-24-16-17-25(34-24)27(32)35-31-26(30)19-8-12-22(29)13-9-19/h3-17H,18H2,1-2H3,(H2,30,31). The lowest BCUT2D eigenvalue weighted by atomic mass is 9.78. The van der Waals surface area contributed by atoms with Crippen LogP contribution in [0.4, 0.5) is 4.39 Å². The van der Waals surface area contributed by atoms with Gasteiger partial charge < -0.3 is 19.7 Å². The molecule has 7 heteroatoms. The van der Waals surface area contributed by atoms with E-state index in [1.165, 1.54) is 41.5 Å². The number of furan rings is 1. The molecule has 0 aliphatic rings. The minimum atomic E-state index is -0.811. The van der Waals surface area contributed by atoms with Crippen LogP contribution < -0.4 is 10.5 Å². The Morgan fingerprint density at radius 3 is 2.26 bits per heavy atom. The summed E-state index contributed by atoms with van der Waals surface area (Å²) in [6, 6.07) is 26.6. The SMILES string of the molecule is CC(C)(c1ccccc1)c1ccc(OCc2ccc(C(=O)O/N=C(\N)c3ccc(F)cc3)o2)cc1. The second kappa shape index (κ2) is 10.3. The third kappa shape index (κ3) is 5.76. The Kier molecular flexibility index (Phi) is 6.96. The van der Waals surface area contributed by atoms with Crippen LogP contribution in [0.15, 0.2) is 101 Å². The first-order valence-corrected chi connectivity index (χ1v) is 11.0. The van der Waals surface area contributed by atoms with Gasteiger partial charge in [0.1, 0.15) is 23.9 Å². The summed E-state index contributed by atoms with van der Waals surface area (Å²) in [6.07, 6.45) is 0. The number of carbonyl (C=O) groups excluding carboxylic acids is 1. The number of nitrogens with two attached hydrogens (primary N) is 1. The summed E-state index contributed by atoms with van der Waals surface area (Å²) in [5, 5.41) is 3.58. The lowest BCUT2D eigenvalue weighted by Gasteiger charge is -2.26. The van der Waals surface area contributed by atoms with Gasteiger partial charge in [0, 0.05) is 11.0 Å². The predicted molar refractivity (Wildman–Crippen MR) is 131 cm³/mol. The van der Waals surface area contributed by atoms with Crippen LogP contribution in [0.5, 0.6) is 5.75 Å². The van der Waals surface area contributed by atoms with Crippen molar-refractivity contribution in [3.05, 3.63) is 125 Å². The van der Waals surface area contributed by atoms with Gasteiger partial charge in [-0.05, 0) is 59.7 Å². The van der Waals surface area contributed by atoms with Gasteiger partial charge in [0.05, 0.1) is 0 Å². The number of rotatable bonds is 8. The topological polar surface area (TPSA) is 87.0 Å². The molecule has 4 aromatic rings. The number of ether oxygens (including phenoxy) is 1. The summed E-state index contributed by atoms with van der Waals surface area (Å²) in [6.45, 7) is 4.49. The molecular weight excluding hydrogens is 447 g/mol. The van der Waals surface area contributed by atoms with Crippen LogP contribution >= 0.6 is 0 Å².